The topological polar surface area (TPSA) is 40.6 Å². The molecule has 1 aromatic carbocycles. The highest BCUT2D eigenvalue weighted by Crippen LogP contribution is 2.28. The van der Waals surface area contributed by atoms with Crippen molar-refractivity contribution in [1.29, 1.82) is 0 Å². The summed E-state index contributed by atoms with van der Waals surface area (Å²) < 4.78 is 50.4. The van der Waals surface area contributed by atoms with Gasteiger partial charge in [0, 0.05) is 18.3 Å². The Hall–Kier alpha value is -2.44. The zero-order valence-corrected chi connectivity index (χ0v) is 10.3. The predicted octanol–water partition coefficient (Wildman–Crippen LogP) is 3.78. The van der Waals surface area contributed by atoms with Crippen molar-refractivity contribution in [2.24, 2.45) is 0 Å². The molecular weight excluding hydrogens is 275 g/mol. The van der Waals surface area contributed by atoms with Crippen molar-refractivity contribution in [3.05, 3.63) is 42.6 Å². The molecule has 20 heavy (non-hydrogen) atoms. The lowest BCUT2D eigenvalue weighted by Gasteiger charge is -2.10. The van der Waals surface area contributed by atoms with Crippen molar-refractivity contribution in [2.45, 2.75) is 6.36 Å². The molecule has 0 fully saturated rings. The summed E-state index contributed by atoms with van der Waals surface area (Å²) in [6.07, 6.45) is -3.28. The van der Waals surface area contributed by atoms with E-state index in [1.807, 2.05) is 0 Å². The largest absolute Gasteiger partial charge is 0.573 e. The van der Waals surface area contributed by atoms with Gasteiger partial charge in [0.25, 0.3) is 0 Å². The summed E-state index contributed by atoms with van der Waals surface area (Å²) in [5.74, 6) is 0.539. The molecule has 0 N–H and O–H groups in total. The third-order valence-corrected chi connectivity index (χ3v) is 2.20. The Kier molecular flexibility index (Phi) is 3.97. The van der Waals surface area contributed by atoms with Crippen LogP contribution in [0.15, 0.2) is 42.6 Å². The summed E-state index contributed by atoms with van der Waals surface area (Å²) >= 11 is 0. The van der Waals surface area contributed by atoms with E-state index < -0.39 is 6.36 Å². The standard InChI is InChI=1S/C13H10F3NO3/c1-18-9-5-6-17-12(8-9)19-10-3-2-4-11(7-10)20-13(14,15)16/h2-8H,1H3. The number of halogens is 3. The van der Waals surface area contributed by atoms with E-state index in [0.29, 0.717) is 5.75 Å². The SMILES string of the molecule is COc1ccnc(Oc2cccc(OC(F)(F)F)c2)c1. The van der Waals surface area contributed by atoms with Crippen LogP contribution in [0, 0.1) is 0 Å². The summed E-state index contributed by atoms with van der Waals surface area (Å²) in [7, 11) is 1.48. The fourth-order valence-electron chi connectivity index (χ4n) is 1.43. The Bertz CT molecular complexity index is 587. The van der Waals surface area contributed by atoms with Crippen LogP contribution in [0.2, 0.25) is 0 Å². The number of hydrogen-bond acceptors (Lipinski definition) is 4. The molecular formula is C13H10F3NO3. The average Bonchev–Trinajstić information content (AvgIpc) is 2.37. The van der Waals surface area contributed by atoms with Crippen molar-refractivity contribution in [3.8, 4) is 23.1 Å². The number of ether oxygens (including phenoxy) is 3. The van der Waals surface area contributed by atoms with Crippen molar-refractivity contribution >= 4 is 0 Å². The van der Waals surface area contributed by atoms with E-state index in [1.54, 1.807) is 6.07 Å². The number of methoxy groups -OCH3 is 1. The first-order valence-electron chi connectivity index (χ1n) is 5.50. The quantitative estimate of drug-likeness (QED) is 0.857. The van der Waals surface area contributed by atoms with Crippen LogP contribution in [-0.4, -0.2) is 18.5 Å². The van der Waals surface area contributed by atoms with E-state index in [1.165, 1.54) is 37.6 Å². The van der Waals surface area contributed by atoms with Crippen LogP contribution in [-0.2, 0) is 0 Å². The van der Waals surface area contributed by atoms with Gasteiger partial charge in [-0.3, -0.25) is 0 Å². The number of hydrogen-bond donors (Lipinski definition) is 0. The van der Waals surface area contributed by atoms with Gasteiger partial charge < -0.3 is 14.2 Å². The van der Waals surface area contributed by atoms with Gasteiger partial charge in [-0.05, 0) is 18.2 Å². The zero-order chi connectivity index (χ0) is 14.6. The Morgan fingerprint density at radius 1 is 1.00 bits per heavy atom. The van der Waals surface area contributed by atoms with Crippen LogP contribution in [0.5, 0.6) is 23.1 Å². The summed E-state index contributed by atoms with van der Waals surface area (Å²) in [6.45, 7) is 0. The smallest absolute Gasteiger partial charge is 0.497 e. The van der Waals surface area contributed by atoms with Gasteiger partial charge in [-0.2, -0.15) is 0 Å². The van der Waals surface area contributed by atoms with E-state index in [4.69, 9.17) is 9.47 Å². The van der Waals surface area contributed by atoms with Gasteiger partial charge in [0.1, 0.15) is 17.2 Å². The molecule has 7 heteroatoms. The lowest BCUT2D eigenvalue weighted by Crippen LogP contribution is -2.17. The molecule has 2 rings (SSSR count). The monoisotopic (exact) mass is 285 g/mol. The zero-order valence-electron chi connectivity index (χ0n) is 10.3. The molecule has 0 aliphatic heterocycles. The van der Waals surface area contributed by atoms with Crippen molar-refractivity contribution in [2.75, 3.05) is 7.11 Å². The van der Waals surface area contributed by atoms with E-state index in [2.05, 4.69) is 9.72 Å². The van der Waals surface area contributed by atoms with Crippen molar-refractivity contribution < 1.29 is 27.4 Å². The van der Waals surface area contributed by atoms with Crippen LogP contribution in [0.1, 0.15) is 0 Å². The molecule has 0 spiro atoms. The van der Waals surface area contributed by atoms with Crippen LogP contribution in [0.3, 0.4) is 0 Å². The van der Waals surface area contributed by atoms with Gasteiger partial charge in [0.05, 0.1) is 7.11 Å². The molecule has 0 unspecified atom stereocenters. The Morgan fingerprint density at radius 3 is 2.45 bits per heavy atom. The minimum atomic E-state index is -4.74. The first-order chi connectivity index (χ1) is 9.46. The molecule has 0 bridgehead atoms. The molecule has 4 nitrogen and oxygen atoms in total. The second-order valence-electron chi connectivity index (χ2n) is 3.66. The molecule has 106 valence electrons. The van der Waals surface area contributed by atoms with E-state index in [9.17, 15) is 13.2 Å². The summed E-state index contributed by atoms with van der Waals surface area (Å²) in [4.78, 5) is 3.92. The second kappa shape index (κ2) is 5.68. The van der Waals surface area contributed by atoms with Crippen LogP contribution >= 0.6 is 0 Å². The Morgan fingerprint density at radius 2 is 1.75 bits per heavy atom. The molecule has 1 aromatic heterocycles. The van der Waals surface area contributed by atoms with Crippen LogP contribution in [0.4, 0.5) is 13.2 Å². The maximum absolute atomic E-state index is 12.1. The first-order valence-corrected chi connectivity index (χ1v) is 5.50. The Labute approximate surface area is 112 Å². The second-order valence-corrected chi connectivity index (χ2v) is 3.66. The van der Waals surface area contributed by atoms with Gasteiger partial charge >= 0.3 is 6.36 Å². The lowest BCUT2D eigenvalue weighted by atomic mass is 10.3. The lowest BCUT2D eigenvalue weighted by molar-refractivity contribution is -0.274. The Balaban J connectivity index is 2.15. The van der Waals surface area contributed by atoms with Gasteiger partial charge in [-0.1, -0.05) is 6.07 Å². The molecule has 0 saturated carbocycles. The van der Waals surface area contributed by atoms with E-state index in [-0.39, 0.29) is 17.4 Å². The number of nitrogens with zero attached hydrogens (tertiary/aromatic N) is 1. The first kappa shape index (κ1) is 14.0. The average molecular weight is 285 g/mol. The van der Waals surface area contributed by atoms with Crippen molar-refractivity contribution in [1.82, 2.24) is 4.98 Å². The molecule has 0 atom stereocenters. The molecule has 0 aliphatic carbocycles. The summed E-state index contributed by atoms with van der Waals surface area (Å²) in [5.41, 5.74) is 0. The number of alkyl halides is 3. The minimum Gasteiger partial charge on any atom is -0.497 e. The van der Waals surface area contributed by atoms with Gasteiger partial charge in [0.2, 0.25) is 5.88 Å². The van der Waals surface area contributed by atoms with E-state index >= 15 is 0 Å². The third-order valence-electron chi connectivity index (χ3n) is 2.20. The minimum absolute atomic E-state index is 0.174. The molecule has 1 heterocycles. The maximum atomic E-state index is 12.1. The van der Waals surface area contributed by atoms with Crippen LogP contribution in [0.25, 0.3) is 0 Å². The maximum Gasteiger partial charge on any atom is 0.573 e. The number of benzene rings is 1. The number of pyridine rings is 1. The van der Waals surface area contributed by atoms with E-state index in [0.717, 1.165) is 6.07 Å². The van der Waals surface area contributed by atoms with Gasteiger partial charge in [-0.15, -0.1) is 13.2 Å². The van der Waals surface area contributed by atoms with Gasteiger partial charge in [-0.25, -0.2) is 4.98 Å². The van der Waals surface area contributed by atoms with Crippen molar-refractivity contribution in [3.63, 3.8) is 0 Å². The third kappa shape index (κ3) is 4.04. The highest BCUT2D eigenvalue weighted by Gasteiger charge is 2.31. The normalized spacial score (nSPS) is 11.0. The summed E-state index contributed by atoms with van der Waals surface area (Å²) in [5, 5.41) is 0. The molecule has 2 aromatic rings. The molecule has 0 aliphatic rings. The predicted molar refractivity (Wildman–Crippen MR) is 64.0 cm³/mol. The molecule has 0 amide bonds. The molecule has 0 saturated heterocycles. The summed E-state index contributed by atoms with van der Waals surface area (Å²) in [6, 6.07) is 8.31. The number of aromatic nitrogens is 1. The fraction of sp³-hybridized carbons (Fsp3) is 0.154. The highest BCUT2D eigenvalue weighted by molar-refractivity contribution is 5.36. The molecule has 0 radical (unpaired) electrons. The van der Waals surface area contributed by atoms with Gasteiger partial charge in [0.15, 0.2) is 0 Å². The highest BCUT2D eigenvalue weighted by atomic mass is 19.4. The van der Waals surface area contributed by atoms with Crippen LogP contribution < -0.4 is 14.2 Å². The number of rotatable bonds is 4. The fourth-order valence-corrected chi connectivity index (χ4v) is 1.43.